The summed E-state index contributed by atoms with van der Waals surface area (Å²) in [6.45, 7) is 3.06. The van der Waals surface area contributed by atoms with Gasteiger partial charge in [-0.1, -0.05) is 24.1 Å². The Morgan fingerprint density at radius 2 is 1.71 bits per heavy atom. The number of aryl methyl sites for hydroxylation is 1. The molecule has 1 aromatic rings. The lowest BCUT2D eigenvalue weighted by Gasteiger charge is -2.43. The molecule has 4 nitrogen and oxygen atoms in total. The van der Waals surface area contributed by atoms with Gasteiger partial charge in [0.2, 0.25) is 5.91 Å². The third-order valence-electron chi connectivity index (χ3n) is 6.31. The van der Waals surface area contributed by atoms with E-state index in [-0.39, 0.29) is 17.9 Å². The summed E-state index contributed by atoms with van der Waals surface area (Å²) >= 11 is 0. The average molecular weight is 327 g/mol. The number of benzene rings is 1. The van der Waals surface area contributed by atoms with E-state index in [1.54, 1.807) is 0 Å². The third kappa shape index (κ3) is 2.67. The second kappa shape index (κ2) is 6.32. The number of anilines is 1. The van der Waals surface area contributed by atoms with Crippen LogP contribution < -0.4 is 9.80 Å². The number of nitrogens with zero attached hydrogens (tertiary/aromatic N) is 1. The van der Waals surface area contributed by atoms with Gasteiger partial charge in [0, 0.05) is 5.92 Å². The molecule has 3 fully saturated rings. The SMILES string of the molecule is Cc1ccc(N2C(=O)CC([NH+]3CCCC4CCCCC43)C2=O)cc1. The first-order chi connectivity index (χ1) is 11.6. The molecule has 2 aliphatic heterocycles. The Morgan fingerprint density at radius 3 is 2.50 bits per heavy atom. The zero-order chi connectivity index (χ0) is 16.7. The summed E-state index contributed by atoms with van der Waals surface area (Å²) < 4.78 is 0. The smallest absolute Gasteiger partial charge is 0.292 e. The van der Waals surface area contributed by atoms with Crippen LogP contribution in [0.2, 0.25) is 0 Å². The van der Waals surface area contributed by atoms with Crippen LogP contribution in [0, 0.1) is 12.8 Å². The van der Waals surface area contributed by atoms with E-state index in [4.69, 9.17) is 0 Å². The van der Waals surface area contributed by atoms with Crippen LogP contribution in [0.3, 0.4) is 0 Å². The van der Waals surface area contributed by atoms with Crippen molar-refractivity contribution in [2.24, 2.45) is 5.92 Å². The number of quaternary nitrogens is 1. The standard InChI is InChI=1S/C20H26N2O2/c1-14-8-10-16(11-9-14)22-19(23)13-18(20(22)24)21-12-4-6-15-5-2-3-7-17(15)21/h8-11,15,17-18H,2-7,12-13H2,1H3/p+1. The third-order valence-corrected chi connectivity index (χ3v) is 6.31. The maximum Gasteiger partial charge on any atom is 0.292 e. The van der Waals surface area contributed by atoms with Gasteiger partial charge in [0.15, 0.2) is 6.04 Å². The molecular weight excluding hydrogens is 300 g/mol. The normalized spacial score (nSPS) is 33.6. The second-order valence-corrected chi connectivity index (χ2v) is 7.78. The monoisotopic (exact) mass is 327 g/mol. The molecule has 4 unspecified atom stereocenters. The van der Waals surface area contributed by atoms with Crippen molar-refractivity contribution < 1.29 is 14.5 Å². The minimum absolute atomic E-state index is 0.0186. The molecule has 1 saturated carbocycles. The Kier molecular flexibility index (Phi) is 4.17. The Balaban J connectivity index is 1.57. The number of hydrogen-bond acceptors (Lipinski definition) is 2. The Labute approximate surface area is 143 Å². The molecule has 1 N–H and O–H groups in total. The lowest BCUT2D eigenvalue weighted by molar-refractivity contribution is -0.950. The van der Waals surface area contributed by atoms with E-state index in [1.807, 2.05) is 31.2 Å². The number of rotatable bonds is 2. The van der Waals surface area contributed by atoms with E-state index in [2.05, 4.69) is 0 Å². The van der Waals surface area contributed by atoms with Gasteiger partial charge in [-0.15, -0.1) is 0 Å². The molecule has 0 bridgehead atoms. The molecule has 4 atom stereocenters. The molecule has 128 valence electrons. The van der Waals surface area contributed by atoms with Gasteiger partial charge in [0.25, 0.3) is 5.91 Å². The molecule has 4 rings (SSSR count). The molecule has 2 saturated heterocycles. The average Bonchev–Trinajstić information content (AvgIpc) is 2.90. The zero-order valence-electron chi connectivity index (χ0n) is 14.5. The van der Waals surface area contributed by atoms with E-state index >= 15 is 0 Å². The molecule has 0 radical (unpaired) electrons. The van der Waals surface area contributed by atoms with Gasteiger partial charge in [0.05, 0.1) is 24.7 Å². The van der Waals surface area contributed by atoms with Gasteiger partial charge in [-0.05, 0) is 51.2 Å². The summed E-state index contributed by atoms with van der Waals surface area (Å²) in [7, 11) is 0. The number of carbonyl (C=O) groups excluding carboxylic acids is 2. The summed E-state index contributed by atoms with van der Waals surface area (Å²) in [6, 6.07) is 8.14. The van der Waals surface area contributed by atoms with Crippen molar-refractivity contribution in [2.45, 2.75) is 64.0 Å². The van der Waals surface area contributed by atoms with Crippen molar-refractivity contribution >= 4 is 17.5 Å². The van der Waals surface area contributed by atoms with Gasteiger partial charge < -0.3 is 4.90 Å². The highest BCUT2D eigenvalue weighted by atomic mass is 16.2. The fourth-order valence-corrected chi connectivity index (χ4v) is 5.11. The first-order valence-corrected chi connectivity index (χ1v) is 9.44. The van der Waals surface area contributed by atoms with Crippen molar-refractivity contribution in [3.63, 3.8) is 0 Å². The van der Waals surface area contributed by atoms with E-state index in [0.717, 1.165) is 23.7 Å². The number of nitrogens with one attached hydrogen (secondary N) is 1. The van der Waals surface area contributed by atoms with Crippen molar-refractivity contribution in [1.82, 2.24) is 0 Å². The highest BCUT2D eigenvalue weighted by Crippen LogP contribution is 2.30. The number of piperidine rings is 1. The number of amides is 2. The lowest BCUT2D eigenvalue weighted by Crippen LogP contribution is -3.21. The van der Waals surface area contributed by atoms with Crippen LogP contribution >= 0.6 is 0 Å². The zero-order valence-corrected chi connectivity index (χ0v) is 14.5. The van der Waals surface area contributed by atoms with E-state index in [9.17, 15) is 9.59 Å². The van der Waals surface area contributed by atoms with Crippen molar-refractivity contribution in [1.29, 1.82) is 0 Å². The fraction of sp³-hybridized carbons (Fsp3) is 0.600. The highest BCUT2D eigenvalue weighted by molar-refractivity contribution is 6.21. The molecule has 4 heteroatoms. The highest BCUT2D eigenvalue weighted by Gasteiger charge is 2.50. The van der Waals surface area contributed by atoms with Crippen molar-refractivity contribution in [3.8, 4) is 0 Å². The molecular formula is C20H27N2O2+. The van der Waals surface area contributed by atoms with E-state index in [0.29, 0.717) is 12.5 Å². The molecule has 0 spiro atoms. The summed E-state index contributed by atoms with van der Waals surface area (Å²) in [5.41, 5.74) is 1.87. The largest absolute Gasteiger partial charge is 0.322 e. The molecule has 2 amide bonds. The predicted molar refractivity (Wildman–Crippen MR) is 92.9 cm³/mol. The van der Waals surface area contributed by atoms with Crippen molar-refractivity contribution in [2.75, 3.05) is 11.4 Å². The van der Waals surface area contributed by atoms with Gasteiger partial charge in [0.1, 0.15) is 0 Å². The summed E-state index contributed by atoms with van der Waals surface area (Å²) in [6.07, 6.45) is 8.03. The van der Waals surface area contributed by atoms with Crippen LogP contribution in [-0.2, 0) is 9.59 Å². The number of imide groups is 1. The summed E-state index contributed by atoms with van der Waals surface area (Å²) in [4.78, 5) is 28.5. The molecule has 1 aromatic carbocycles. The first-order valence-electron chi connectivity index (χ1n) is 9.44. The minimum atomic E-state index is -0.162. The van der Waals surface area contributed by atoms with Gasteiger partial charge >= 0.3 is 0 Å². The summed E-state index contributed by atoms with van der Waals surface area (Å²) in [5.74, 6) is 0.753. The van der Waals surface area contributed by atoms with Crippen LogP contribution in [0.5, 0.6) is 0 Å². The molecule has 1 aliphatic carbocycles. The fourth-order valence-electron chi connectivity index (χ4n) is 5.11. The molecule has 0 aromatic heterocycles. The quantitative estimate of drug-likeness (QED) is 0.843. The Hall–Kier alpha value is -1.68. The first kappa shape index (κ1) is 15.8. The van der Waals surface area contributed by atoms with Gasteiger partial charge in [-0.3, -0.25) is 9.59 Å². The van der Waals surface area contributed by atoms with Crippen LogP contribution in [0.1, 0.15) is 50.5 Å². The molecule has 24 heavy (non-hydrogen) atoms. The predicted octanol–water partition coefficient (Wildman–Crippen LogP) is 1.86. The number of fused-ring (bicyclic) bond motifs is 1. The van der Waals surface area contributed by atoms with Gasteiger partial charge in [-0.25, -0.2) is 4.90 Å². The number of likely N-dealkylation sites (tertiary alicyclic amines) is 1. The second-order valence-electron chi connectivity index (χ2n) is 7.78. The van der Waals surface area contributed by atoms with Crippen LogP contribution in [0.15, 0.2) is 24.3 Å². The van der Waals surface area contributed by atoms with Crippen LogP contribution in [0.25, 0.3) is 0 Å². The number of hydrogen-bond donors (Lipinski definition) is 1. The Morgan fingerprint density at radius 1 is 1.00 bits per heavy atom. The summed E-state index contributed by atoms with van der Waals surface area (Å²) in [5, 5.41) is 0. The van der Waals surface area contributed by atoms with E-state index < -0.39 is 0 Å². The maximum atomic E-state index is 13.1. The Bertz CT molecular complexity index is 638. The number of carbonyl (C=O) groups is 2. The minimum Gasteiger partial charge on any atom is -0.322 e. The van der Waals surface area contributed by atoms with E-state index in [1.165, 1.54) is 48.3 Å². The van der Waals surface area contributed by atoms with Crippen molar-refractivity contribution in [3.05, 3.63) is 29.8 Å². The van der Waals surface area contributed by atoms with Crippen LogP contribution in [0.4, 0.5) is 5.69 Å². The topological polar surface area (TPSA) is 41.8 Å². The maximum absolute atomic E-state index is 13.1. The molecule has 2 heterocycles. The van der Waals surface area contributed by atoms with Gasteiger partial charge in [-0.2, -0.15) is 0 Å². The lowest BCUT2D eigenvalue weighted by atomic mass is 9.77. The van der Waals surface area contributed by atoms with Crippen LogP contribution in [-0.4, -0.2) is 30.4 Å². The molecule has 3 aliphatic rings.